The van der Waals surface area contributed by atoms with Crippen molar-refractivity contribution in [2.24, 2.45) is 0 Å². The lowest BCUT2D eigenvalue weighted by Gasteiger charge is -2.23. The molecule has 0 unspecified atom stereocenters. The van der Waals surface area contributed by atoms with Crippen LogP contribution >= 0.6 is 0 Å². The van der Waals surface area contributed by atoms with Crippen molar-refractivity contribution in [3.63, 3.8) is 0 Å². The third kappa shape index (κ3) is 11.3. The molecule has 0 aromatic rings. The predicted molar refractivity (Wildman–Crippen MR) is 65.8 cm³/mol. The van der Waals surface area contributed by atoms with Gasteiger partial charge in [-0.05, 0) is 19.8 Å². The van der Waals surface area contributed by atoms with Gasteiger partial charge in [0.15, 0.2) is 0 Å². The van der Waals surface area contributed by atoms with E-state index in [2.05, 4.69) is 27.7 Å². The van der Waals surface area contributed by atoms with Gasteiger partial charge in [0.25, 0.3) is 0 Å². The summed E-state index contributed by atoms with van der Waals surface area (Å²) in [6, 6.07) is 0. The average molecular weight is 212 g/mol. The Balaban J connectivity index is 3.46. The highest BCUT2D eigenvalue weighted by Crippen LogP contribution is 2.07. The van der Waals surface area contributed by atoms with Crippen LogP contribution in [0.1, 0.15) is 39.0 Å². The first-order chi connectivity index (χ1) is 6.81. The first-order valence-electron chi connectivity index (χ1n) is 5.78. The van der Waals surface area contributed by atoms with Gasteiger partial charge in [0.2, 0.25) is 0 Å². The quantitative estimate of drug-likeness (QED) is 0.446. The van der Waals surface area contributed by atoms with Crippen LogP contribution in [-0.4, -0.2) is 38.0 Å². The maximum atomic E-state index is 11.5. The zero-order valence-corrected chi connectivity index (χ0v) is 10.8. The molecule has 0 N–H and O–H groups in total. The molecule has 0 rings (SSSR count). The van der Waals surface area contributed by atoms with Crippen LogP contribution in [0.15, 0.2) is 12.2 Å². The van der Waals surface area contributed by atoms with Crippen LogP contribution in [-0.2, 0) is 4.79 Å². The Labute approximate surface area is 94.6 Å². The van der Waals surface area contributed by atoms with Crippen LogP contribution in [0.25, 0.3) is 0 Å². The van der Waals surface area contributed by atoms with Crippen molar-refractivity contribution in [3.8, 4) is 0 Å². The number of Topliss-reactive ketones (excluding diaryl/α,β-unsaturated/α-hetero) is 1. The molecular weight excluding hydrogens is 186 g/mol. The standard InChI is InChI=1S/C13H26NO/c1-12(2)8-6-9-13(15)10-7-11-14(3,4)5/h1,6-11H2,2-5H3/q+1. The zero-order valence-electron chi connectivity index (χ0n) is 10.8. The van der Waals surface area contributed by atoms with Crippen LogP contribution in [0.3, 0.4) is 0 Å². The van der Waals surface area contributed by atoms with Crippen molar-refractivity contribution in [1.29, 1.82) is 0 Å². The fourth-order valence-corrected chi connectivity index (χ4v) is 1.46. The molecule has 0 radical (unpaired) electrons. The van der Waals surface area contributed by atoms with E-state index in [9.17, 15) is 4.79 Å². The Morgan fingerprint density at radius 1 is 1.07 bits per heavy atom. The SMILES string of the molecule is C=C(C)CCCC(=O)CCC[N+](C)(C)C. The van der Waals surface area contributed by atoms with Gasteiger partial charge in [-0.25, -0.2) is 0 Å². The summed E-state index contributed by atoms with van der Waals surface area (Å²) in [5.41, 5.74) is 1.18. The lowest BCUT2D eigenvalue weighted by Crippen LogP contribution is -2.35. The smallest absolute Gasteiger partial charge is 0.133 e. The summed E-state index contributed by atoms with van der Waals surface area (Å²) in [6.45, 7) is 6.92. The number of carbonyl (C=O) groups is 1. The van der Waals surface area contributed by atoms with Gasteiger partial charge in [0.05, 0.1) is 27.7 Å². The molecule has 0 aromatic carbocycles. The van der Waals surface area contributed by atoms with E-state index < -0.39 is 0 Å². The van der Waals surface area contributed by atoms with E-state index in [4.69, 9.17) is 0 Å². The van der Waals surface area contributed by atoms with Crippen molar-refractivity contribution in [1.82, 2.24) is 0 Å². The van der Waals surface area contributed by atoms with Crippen molar-refractivity contribution in [2.75, 3.05) is 27.7 Å². The van der Waals surface area contributed by atoms with Crippen molar-refractivity contribution in [2.45, 2.75) is 39.0 Å². The summed E-state index contributed by atoms with van der Waals surface area (Å²) in [5.74, 6) is 0.407. The second-order valence-electron chi connectivity index (χ2n) is 5.47. The lowest BCUT2D eigenvalue weighted by atomic mass is 10.1. The minimum atomic E-state index is 0.407. The monoisotopic (exact) mass is 212 g/mol. The van der Waals surface area contributed by atoms with Gasteiger partial charge >= 0.3 is 0 Å². The fourth-order valence-electron chi connectivity index (χ4n) is 1.46. The van der Waals surface area contributed by atoms with Gasteiger partial charge in [-0.2, -0.15) is 0 Å². The normalized spacial score (nSPS) is 11.5. The van der Waals surface area contributed by atoms with Gasteiger partial charge in [0, 0.05) is 19.3 Å². The number of hydrogen-bond acceptors (Lipinski definition) is 1. The van der Waals surface area contributed by atoms with Gasteiger partial charge < -0.3 is 4.48 Å². The second-order valence-corrected chi connectivity index (χ2v) is 5.47. The minimum Gasteiger partial charge on any atom is -0.331 e. The van der Waals surface area contributed by atoms with Crippen LogP contribution < -0.4 is 0 Å². The molecule has 0 amide bonds. The number of nitrogens with zero attached hydrogens (tertiary/aromatic N) is 1. The van der Waals surface area contributed by atoms with Crippen molar-refractivity contribution in [3.05, 3.63) is 12.2 Å². The van der Waals surface area contributed by atoms with Crippen molar-refractivity contribution < 1.29 is 9.28 Å². The van der Waals surface area contributed by atoms with Crippen LogP contribution in [0.4, 0.5) is 0 Å². The summed E-state index contributed by atoms with van der Waals surface area (Å²) in [4.78, 5) is 11.5. The van der Waals surface area contributed by atoms with E-state index >= 15 is 0 Å². The van der Waals surface area contributed by atoms with Crippen LogP contribution in [0.5, 0.6) is 0 Å². The topological polar surface area (TPSA) is 17.1 Å². The molecule has 0 fully saturated rings. The Kier molecular flexibility index (Phi) is 6.50. The van der Waals surface area contributed by atoms with Gasteiger partial charge in [-0.1, -0.05) is 5.57 Å². The van der Waals surface area contributed by atoms with E-state index in [1.54, 1.807) is 0 Å². The van der Waals surface area contributed by atoms with Crippen molar-refractivity contribution >= 4 is 5.78 Å². The van der Waals surface area contributed by atoms with E-state index in [1.165, 1.54) is 5.57 Å². The average Bonchev–Trinajstić information content (AvgIpc) is 2.00. The molecule has 0 spiro atoms. The molecule has 0 bridgehead atoms. The highest BCUT2D eigenvalue weighted by molar-refractivity contribution is 5.78. The molecule has 0 aliphatic carbocycles. The van der Waals surface area contributed by atoms with Crippen LogP contribution in [0, 0.1) is 0 Å². The van der Waals surface area contributed by atoms with Gasteiger partial charge in [-0.3, -0.25) is 4.79 Å². The predicted octanol–water partition coefficient (Wildman–Crippen LogP) is 2.79. The van der Waals surface area contributed by atoms with Crippen LogP contribution in [0.2, 0.25) is 0 Å². The maximum Gasteiger partial charge on any atom is 0.133 e. The summed E-state index contributed by atoms with van der Waals surface area (Å²) in [5, 5.41) is 0. The first-order valence-corrected chi connectivity index (χ1v) is 5.78. The second kappa shape index (κ2) is 6.78. The molecule has 0 aliphatic heterocycles. The number of hydrogen-bond donors (Lipinski definition) is 0. The van der Waals surface area contributed by atoms with Gasteiger partial charge in [0.1, 0.15) is 5.78 Å². The number of carbonyl (C=O) groups excluding carboxylic acids is 1. The third-order valence-corrected chi connectivity index (χ3v) is 2.34. The van der Waals surface area contributed by atoms with E-state index in [1.807, 2.05) is 6.92 Å². The summed E-state index contributed by atoms with van der Waals surface area (Å²) < 4.78 is 0.943. The summed E-state index contributed by atoms with van der Waals surface area (Å²) in [7, 11) is 6.47. The van der Waals surface area contributed by atoms with Gasteiger partial charge in [-0.15, -0.1) is 6.58 Å². The lowest BCUT2D eigenvalue weighted by molar-refractivity contribution is -0.870. The summed E-state index contributed by atoms with van der Waals surface area (Å²) in [6.07, 6.45) is 4.44. The fraction of sp³-hybridized carbons (Fsp3) is 0.769. The Morgan fingerprint density at radius 2 is 1.60 bits per heavy atom. The Morgan fingerprint density at radius 3 is 2.07 bits per heavy atom. The zero-order chi connectivity index (χ0) is 11.9. The molecule has 88 valence electrons. The Bertz CT molecular complexity index is 213. The third-order valence-electron chi connectivity index (χ3n) is 2.34. The number of rotatable bonds is 8. The molecule has 0 heterocycles. The molecule has 0 saturated carbocycles. The molecule has 0 atom stereocenters. The summed E-state index contributed by atoms with van der Waals surface area (Å²) >= 11 is 0. The number of quaternary nitrogens is 1. The van der Waals surface area contributed by atoms with E-state index in [-0.39, 0.29) is 0 Å². The molecule has 0 saturated heterocycles. The highest BCUT2D eigenvalue weighted by Gasteiger charge is 2.08. The van der Waals surface area contributed by atoms with E-state index in [0.717, 1.165) is 43.1 Å². The number of allylic oxidation sites excluding steroid dienone is 1. The first kappa shape index (κ1) is 14.4. The molecule has 0 aliphatic rings. The largest absolute Gasteiger partial charge is 0.331 e. The number of ketones is 1. The molecule has 0 aromatic heterocycles. The molecule has 2 nitrogen and oxygen atoms in total. The molecule has 2 heteroatoms. The van der Waals surface area contributed by atoms with E-state index in [0.29, 0.717) is 5.78 Å². The molecular formula is C13H26NO+. The highest BCUT2D eigenvalue weighted by atomic mass is 16.1. The minimum absolute atomic E-state index is 0.407. The maximum absolute atomic E-state index is 11.5. The Hall–Kier alpha value is -0.630. The molecule has 15 heavy (non-hydrogen) atoms.